The standard InChI is InChI=1S/C20H19Cl2N3O/c1-2-25-12-13(9-10-23)19(24-25)15-8-7-14(21)11-17(15)20(26)16-5-3-4-6-18(16)22/h3-8,11-12H,2,9-10,23H2,1H3. The first-order chi connectivity index (χ1) is 12.5. The molecule has 0 atom stereocenters. The predicted octanol–water partition coefficient (Wildman–Crippen LogP) is 4.61. The minimum absolute atomic E-state index is 0.183. The molecule has 0 spiro atoms. The molecule has 0 saturated heterocycles. The van der Waals surface area contributed by atoms with E-state index in [4.69, 9.17) is 28.9 Å². The van der Waals surface area contributed by atoms with Crippen molar-refractivity contribution in [1.82, 2.24) is 9.78 Å². The van der Waals surface area contributed by atoms with E-state index in [1.807, 2.05) is 23.9 Å². The Hall–Kier alpha value is -2.14. The summed E-state index contributed by atoms with van der Waals surface area (Å²) in [6.45, 7) is 3.25. The van der Waals surface area contributed by atoms with E-state index in [9.17, 15) is 4.79 Å². The Kier molecular flexibility index (Phi) is 5.77. The average molecular weight is 388 g/mol. The molecule has 3 aromatic rings. The first kappa shape index (κ1) is 18.6. The number of nitrogens with zero attached hydrogens (tertiary/aromatic N) is 2. The largest absolute Gasteiger partial charge is 0.330 e. The Morgan fingerprint density at radius 2 is 1.92 bits per heavy atom. The highest BCUT2D eigenvalue weighted by Gasteiger charge is 2.21. The zero-order chi connectivity index (χ0) is 18.7. The lowest BCUT2D eigenvalue weighted by molar-refractivity contribution is 0.103. The number of hydrogen-bond donors (Lipinski definition) is 1. The first-order valence-corrected chi connectivity index (χ1v) is 9.16. The molecule has 0 radical (unpaired) electrons. The fourth-order valence-electron chi connectivity index (χ4n) is 2.89. The van der Waals surface area contributed by atoms with Crippen LogP contribution in [-0.4, -0.2) is 22.1 Å². The van der Waals surface area contributed by atoms with Crippen molar-refractivity contribution in [1.29, 1.82) is 0 Å². The molecule has 0 fully saturated rings. The van der Waals surface area contributed by atoms with Crippen LogP contribution in [0.5, 0.6) is 0 Å². The van der Waals surface area contributed by atoms with Crippen LogP contribution in [0, 0.1) is 0 Å². The van der Waals surface area contributed by atoms with Gasteiger partial charge < -0.3 is 5.73 Å². The molecule has 6 heteroatoms. The lowest BCUT2D eigenvalue weighted by atomic mass is 9.94. The molecule has 0 amide bonds. The third kappa shape index (κ3) is 3.68. The summed E-state index contributed by atoms with van der Waals surface area (Å²) in [5.74, 6) is -0.183. The van der Waals surface area contributed by atoms with E-state index in [0.717, 1.165) is 23.4 Å². The van der Waals surface area contributed by atoms with Gasteiger partial charge in [0.25, 0.3) is 0 Å². The second-order valence-corrected chi connectivity index (χ2v) is 6.74. The fourth-order valence-corrected chi connectivity index (χ4v) is 3.28. The van der Waals surface area contributed by atoms with Crippen molar-refractivity contribution in [2.24, 2.45) is 5.73 Å². The molecule has 1 aromatic heterocycles. The van der Waals surface area contributed by atoms with E-state index in [0.29, 0.717) is 34.1 Å². The second-order valence-electron chi connectivity index (χ2n) is 5.90. The number of benzene rings is 2. The summed E-state index contributed by atoms with van der Waals surface area (Å²) in [4.78, 5) is 13.2. The highest BCUT2D eigenvalue weighted by molar-refractivity contribution is 6.35. The number of carbonyl (C=O) groups excluding carboxylic acids is 1. The summed E-state index contributed by atoms with van der Waals surface area (Å²) >= 11 is 12.4. The third-order valence-corrected chi connectivity index (χ3v) is 4.74. The maximum atomic E-state index is 13.2. The van der Waals surface area contributed by atoms with E-state index in [2.05, 4.69) is 5.10 Å². The number of nitrogens with two attached hydrogens (primary N) is 1. The molecule has 26 heavy (non-hydrogen) atoms. The van der Waals surface area contributed by atoms with E-state index in [1.54, 1.807) is 36.4 Å². The molecule has 2 aromatic carbocycles. The van der Waals surface area contributed by atoms with Crippen molar-refractivity contribution < 1.29 is 4.79 Å². The van der Waals surface area contributed by atoms with E-state index in [1.165, 1.54) is 0 Å². The van der Waals surface area contributed by atoms with Crippen LogP contribution < -0.4 is 5.73 Å². The smallest absolute Gasteiger partial charge is 0.195 e. The quantitative estimate of drug-likeness (QED) is 0.628. The number of hydrogen-bond acceptors (Lipinski definition) is 3. The Morgan fingerprint density at radius 3 is 2.62 bits per heavy atom. The molecule has 0 unspecified atom stereocenters. The van der Waals surface area contributed by atoms with Crippen LogP contribution in [0.4, 0.5) is 0 Å². The van der Waals surface area contributed by atoms with Crippen LogP contribution >= 0.6 is 23.2 Å². The van der Waals surface area contributed by atoms with Crippen molar-refractivity contribution in [3.8, 4) is 11.3 Å². The van der Waals surface area contributed by atoms with Gasteiger partial charge in [0.2, 0.25) is 0 Å². The summed E-state index contributed by atoms with van der Waals surface area (Å²) in [5.41, 5.74) is 9.15. The lowest BCUT2D eigenvalue weighted by Gasteiger charge is -2.10. The van der Waals surface area contributed by atoms with Gasteiger partial charge in [-0.05, 0) is 49.7 Å². The Balaban J connectivity index is 2.17. The summed E-state index contributed by atoms with van der Waals surface area (Å²) in [6, 6.07) is 12.2. The Morgan fingerprint density at radius 1 is 1.15 bits per heavy atom. The van der Waals surface area contributed by atoms with Crippen LogP contribution in [0.15, 0.2) is 48.7 Å². The number of aryl methyl sites for hydroxylation is 1. The van der Waals surface area contributed by atoms with Crippen molar-refractivity contribution in [2.75, 3.05) is 6.54 Å². The number of halogens is 2. The predicted molar refractivity (Wildman–Crippen MR) is 106 cm³/mol. The van der Waals surface area contributed by atoms with Gasteiger partial charge in [-0.25, -0.2) is 0 Å². The SMILES string of the molecule is CCn1cc(CCN)c(-c2ccc(Cl)cc2C(=O)c2ccccc2Cl)n1. The van der Waals surface area contributed by atoms with Gasteiger partial charge in [-0.3, -0.25) is 9.48 Å². The van der Waals surface area contributed by atoms with Gasteiger partial charge in [-0.1, -0.05) is 41.4 Å². The molecule has 3 rings (SSSR count). The van der Waals surface area contributed by atoms with Crippen LogP contribution in [0.25, 0.3) is 11.3 Å². The van der Waals surface area contributed by atoms with Crippen molar-refractivity contribution >= 4 is 29.0 Å². The van der Waals surface area contributed by atoms with Gasteiger partial charge in [0.15, 0.2) is 5.78 Å². The summed E-state index contributed by atoms with van der Waals surface area (Å²) in [5, 5.41) is 5.53. The van der Waals surface area contributed by atoms with Gasteiger partial charge in [-0.2, -0.15) is 5.10 Å². The third-order valence-electron chi connectivity index (χ3n) is 4.17. The van der Waals surface area contributed by atoms with Gasteiger partial charge >= 0.3 is 0 Å². The Bertz CT molecular complexity index is 950. The Labute approximate surface area is 162 Å². The minimum Gasteiger partial charge on any atom is -0.330 e. The molecule has 134 valence electrons. The normalized spacial score (nSPS) is 10.9. The molecule has 1 heterocycles. The van der Waals surface area contributed by atoms with E-state index in [-0.39, 0.29) is 5.78 Å². The second kappa shape index (κ2) is 8.04. The molecule has 0 aliphatic rings. The van der Waals surface area contributed by atoms with Gasteiger partial charge in [-0.15, -0.1) is 0 Å². The summed E-state index contributed by atoms with van der Waals surface area (Å²) < 4.78 is 1.85. The zero-order valence-electron chi connectivity index (χ0n) is 14.4. The topological polar surface area (TPSA) is 60.9 Å². The maximum absolute atomic E-state index is 13.2. The van der Waals surface area contributed by atoms with Crippen LogP contribution in [-0.2, 0) is 13.0 Å². The highest BCUT2D eigenvalue weighted by Crippen LogP contribution is 2.31. The van der Waals surface area contributed by atoms with Gasteiger partial charge in [0, 0.05) is 34.5 Å². The van der Waals surface area contributed by atoms with E-state index >= 15 is 0 Å². The van der Waals surface area contributed by atoms with Crippen LogP contribution in [0.2, 0.25) is 10.0 Å². The van der Waals surface area contributed by atoms with Gasteiger partial charge in [0.1, 0.15) is 0 Å². The molecule has 0 saturated carbocycles. The van der Waals surface area contributed by atoms with Crippen molar-refractivity contribution in [3.63, 3.8) is 0 Å². The fraction of sp³-hybridized carbons (Fsp3) is 0.200. The molecule has 4 nitrogen and oxygen atoms in total. The number of ketones is 1. The van der Waals surface area contributed by atoms with Gasteiger partial charge in [0.05, 0.1) is 10.7 Å². The van der Waals surface area contributed by atoms with Crippen LogP contribution in [0.3, 0.4) is 0 Å². The van der Waals surface area contributed by atoms with Crippen LogP contribution in [0.1, 0.15) is 28.4 Å². The number of aromatic nitrogens is 2. The zero-order valence-corrected chi connectivity index (χ0v) is 15.9. The molecular formula is C20H19Cl2N3O. The molecule has 0 aliphatic carbocycles. The molecule has 0 bridgehead atoms. The maximum Gasteiger partial charge on any atom is 0.195 e. The molecule has 0 aliphatic heterocycles. The minimum atomic E-state index is -0.183. The monoisotopic (exact) mass is 387 g/mol. The lowest BCUT2D eigenvalue weighted by Crippen LogP contribution is -2.07. The first-order valence-electron chi connectivity index (χ1n) is 8.40. The van der Waals surface area contributed by atoms with Crippen molar-refractivity contribution in [3.05, 3.63) is 75.4 Å². The summed E-state index contributed by atoms with van der Waals surface area (Å²) in [7, 11) is 0. The average Bonchev–Trinajstić information content (AvgIpc) is 3.05. The highest BCUT2D eigenvalue weighted by atomic mass is 35.5. The number of carbonyl (C=O) groups is 1. The number of rotatable bonds is 6. The van der Waals surface area contributed by atoms with Crippen molar-refractivity contribution in [2.45, 2.75) is 19.9 Å². The van der Waals surface area contributed by atoms with E-state index < -0.39 is 0 Å². The molecular weight excluding hydrogens is 369 g/mol. The summed E-state index contributed by atoms with van der Waals surface area (Å²) in [6.07, 6.45) is 2.65. The molecule has 2 N–H and O–H groups in total.